The van der Waals surface area contributed by atoms with Gasteiger partial charge in [-0.15, -0.1) is 12.6 Å². The Morgan fingerprint density at radius 3 is 1.52 bits per heavy atom. The molecule has 6 nitrogen and oxygen atoms in total. The number of hydrogen-bond donors (Lipinski definition) is 5. The van der Waals surface area contributed by atoms with E-state index in [4.69, 9.17) is 20.1 Å². The van der Waals surface area contributed by atoms with E-state index in [-0.39, 0.29) is 19.2 Å². The number of thiol groups is 1. The van der Waals surface area contributed by atoms with Gasteiger partial charge in [0, 0.05) is 6.42 Å². The summed E-state index contributed by atoms with van der Waals surface area (Å²) in [7, 11) is 0. The van der Waals surface area contributed by atoms with Gasteiger partial charge in [0.25, 0.3) is 0 Å². The van der Waals surface area contributed by atoms with Gasteiger partial charge in [0.1, 0.15) is 18.3 Å². The van der Waals surface area contributed by atoms with Gasteiger partial charge in [-0.2, -0.15) is 0 Å². The van der Waals surface area contributed by atoms with Gasteiger partial charge in [-0.05, 0) is 6.42 Å². The molecule has 0 aliphatic heterocycles. The quantitative estimate of drug-likeness (QED) is 0.0891. The van der Waals surface area contributed by atoms with Crippen molar-refractivity contribution in [2.75, 3.05) is 13.2 Å². The van der Waals surface area contributed by atoms with Crippen LogP contribution in [0.4, 0.5) is 0 Å². The number of esters is 1. The van der Waals surface area contributed by atoms with Crippen LogP contribution < -0.4 is 5.73 Å². The lowest BCUT2D eigenvalue weighted by Crippen LogP contribution is -2.21. The molecule has 0 fully saturated rings. The number of aliphatic hydroxyl groups excluding tert-OH is 3. The zero-order valence-corrected chi connectivity index (χ0v) is 19.5. The molecule has 176 valence electrons. The van der Waals surface area contributed by atoms with E-state index in [2.05, 4.69) is 25.3 Å². The predicted octanol–water partition coefficient (Wildman–Crippen LogP) is 4.30. The number of carbonyl (C=O) groups is 1. The van der Waals surface area contributed by atoms with E-state index in [9.17, 15) is 4.79 Å². The highest BCUT2D eigenvalue weighted by molar-refractivity contribution is 7.80. The van der Waals surface area contributed by atoms with E-state index >= 15 is 0 Å². The Morgan fingerprint density at radius 2 is 1.17 bits per heavy atom. The van der Waals surface area contributed by atoms with Crippen LogP contribution in [0.2, 0.25) is 0 Å². The number of carbonyl (C=O) groups excluding carboxylic acids is 1. The predicted molar refractivity (Wildman–Crippen MR) is 123 cm³/mol. The zero-order chi connectivity index (χ0) is 22.2. The minimum atomic E-state index is -0.972. The molecular weight excluding hydrogens is 390 g/mol. The van der Waals surface area contributed by atoms with Crippen molar-refractivity contribution < 1.29 is 24.9 Å². The Kier molecular flexibility index (Phi) is 27.3. The summed E-state index contributed by atoms with van der Waals surface area (Å²) in [5.74, 6) is -0.276. The van der Waals surface area contributed by atoms with E-state index in [0.29, 0.717) is 6.42 Å². The lowest BCUT2D eigenvalue weighted by Gasteiger charge is -2.08. The standard InChI is InChI=1S/C21H42O4.CH5NOS/c1-2-3-4-5-6-7-8-9-10-11-12-13-14-15-16-17-21(24)25-19-20(23)18-22;2-1(3)4/h20,22-23H,2-19H2,1H3;1,3-4H,2H2. The topological polar surface area (TPSA) is 113 Å². The maximum atomic E-state index is 11.4. The molecule has 0 heterocycles. The third-order valence-electron chi connectivity index (χ3n) is 4.63. The van der Waals surface area contributed by atoms with Gasteiger partial charge in [-0.1, -0.05) is 96.8 Å². The van der Waals surface area contributed by atoms with Crippen LogP contribution in [0.1, 0.15) is 110 Å². The van der Waals surface area contributed by atoms with Crippen molar-refractivity contribution in [3.8, 4) is 0 Å². The molecular formula is C22H47NO5S. The molecule has 2 unspecified atom stereocenters. The van der Waals surface area contributed by atoms with E-state index in [1.807, 2.05) is 0 Å². The highest BCUT2D eigenvalue weighted by Gasteiger charge is 2.07. The van der Waals surface area contributed by atoms with Gasteiger partial charge >= 0.3 is 5.97 Å². The van der Waals surface area contributed by atoms with Gasteiger partial charge < -0.3 is 20.1 Å². The maximum absolute atomic E-state index is 11.4. The fourth-order valence-corrected chi connectivity index (χ4v) is 2.95. The fraction of sp³-hybridized carbons (Fsp3) is 0.955. The van der Waals surface area contributed by atoms with Crippen LogP contribution in [0.5, 0.6) is 0 Å². The number of rotatable bonds is 19. The van der Waals surface area contributed by atoms with Crippen LogP contribution in [0.3, 0.4) is 0 Å². The molecule has 0 aromatic heterocycles. The molecule has 0 aromatic rings. The monoisotopic (exact) mass is 437 g/mol. The summed E-state index contributed by atoms with van der Waals surface area (Å²) in [6, 6.07) is 0. The SMILES string of the molecule is CCCCCCCCCCCCCCCCCC(=O)OCC(O)CO.NC(O)S. The first-order chi connectivity index (χ1) is 13.9. The van der Waals surface area contributed by atoms with Crippen LogP contribution in [0.25, 0.3) is 0 Å². The van der Waals surface area contributed by atoms with E-state index in [0.717, 1.165) is 12.8 Å². The molecule has 0 radical (unpaired) electrons. The van der Waals surface area contributed by atoms with Gasteiger partial charge in [0.2, 0.25) is 0 Å². The molecule has 0 aliphatic carbocycles. The van der Waals surface area contributed by atoms with Crippen molar-refractivity contribution >= 4 is 18.6 Å². The van der Waals surface area contributed by atoms with Crippen molar-refractivity contribution in [1.29, 1.82) is 0 Å². The van der Waals surface area contributed by atoms with Crippen LogP contribution in [0.15, 0.2) is 0 Å². The van der Waals surface area contributed by atoms with E-state index in [1.54, 1.807) is 0 Å². The molecule has 0 saturated heterocycles. The Morgan fingerprint density at radius 1 is 0.828 bits per heavy atom. The Bertz CT molecular complexity index is 330. The molecule has 0 amide bonds. The molecule has 7 heteroatoms. The van der Waals surface area contributed by atoms with Crippen LogP contribution in [-0.4, -0.2) is 46.2 Å². The summed E-state index contributed by atoms with van der Waals surface area (Å²) in [5, 5.41) is 25.4. The van der Waals surface area contributed by atoms with Gasteiger partial charge in [-0.25, -0.2) is 0 Å². The molecule has 5 N–H and O–H groups in total. The van der Waals surface area contributed by atoms with E-state index in [1.165, 1.54) is 83.5 Å². The van der Waals surface area contributed by atoms with Crippen molar-refractivity contribution in [2.45, 2.75) is 121 Å². The fourth-order valence-electron chi connectivity index (χ4n) is 2.95. The first kappa shape index (κ1) is 30.9. The third kappa shape index (κ3) is 32.5. The molecule has 0 aromatic carbocycles. The minimum Gasteiger partial charge on any atom is -0.463 e. The average Bonchev–Trinajstić information content (AvgIpc) is 2.68. The number of aliphatic hydroxyl groups is 3. The minimum absolute atomic E-state index is 0.103. The summed E-state index contributed by atoms with van der Waals surface area (Å²) < 4.78 is 4.86. The van der Waals surface area contributed by atoms with Gasteiger partial charge in [0.15, 0.2) is 0 Å². The Labute approximate surface area is 184 Å². The van der Waals surface area contributed by atoms with Crippen LogP contribution >= 0.6 is 12.6 Å². The second-order valence-corrected chi connectivity index (χ2v) is 8.16. The molecule has 0 aliphatic rings. The summed E-state index contributed by atoms with van der Waals surface area (Å²) in [4.78, 5) is 11.4. The van der Waals surface area contributed by atoms with Gasteiger partial charge in [0.05, 0.1) is 6.61 Å². The highest BCUT2D eigenvalue weighted by atomic mass is 32.1. The molecule has 29 heavy (non-hydrogen) atoms. The molecule has 2 atom stereocenters. The van der Waals surface area contributed by atoms with Crippen molar-refractivity contribution in [1.82, 2.24) is 0 Å². The van der Waals surface area contributed by atoms with E-state index < -0.39 is 11.7 Å². The van der Waals surface area contributed by atoms with Crippen molar-refractivity contribution in [3.63, 3.8) is 0 Å². The third-order valence-corrected chi connectivity index (χ3v) is 4.63. The molecule has 0 spiro atoms. The van der Waals surface area contributed by atoms with Crippen molar-refractivity contribution in [3.05, 3.63) is 0 Å². The summed E-state index contributed by atoms with van der Waals surface area (Å²) in [6.07, 6.45) is 19.0. The lowest BCUT2D eigenvalue weighted by molar-refractivity contribution is -0.147. The Balaban J connectivity index is 0. The first-order valence-corrected chi connectivity index (χ1v) is 12.0. The first-order valence-electron chi connectivity index (χ1n) is 11.5. The van der Waals surface area contributed by atoms with Gasteiger partial charge in [-0.3, -0.25) is 10.5 Å². The second kappa shape index (κ2) is 25.7. The molecule has 0 rings (SSSR count). The largest absolute Gasteiger partial charge is 0.463 e. The number of unbranched alkanes of at least 4 members (excludes halogenated alkanes) is 14. The highest BCUT2D eigenvalue weighted by Crippen LogP contribution is 2.13. The lowest BCUT2D eigenvalue weighted by atomic mass is 10.0. The molecule has 0 bridgehead atoms. The molecule has 0 saturated carbocycles. The van der Waals surface area contributed by atoms with Crippen LogP contribution in [0, 0.1) is 0 Å². The second-order valence-electron chi connectivity index (χ2n) is 7.63. The average molecular weight is 438 g/mol. The Hall–Kier alpha value is -0.340. The zero-order valence-electron chi connectivity index (χ0n) is 18.6. The summed E-state index contributed by atoms with van der Waals surface area (Å²) >= 11 is 3.30. The number of nitrogens with two attached hydrogens (primary N) is 1. The smallest absolute Gasteiger partial charge is 0.305 e. The normalized spacial score (nSPS) is 12.8. The van der Waals surface area contributed by atoms with Crippen molar-refractivity contribution in [2.24, 2.45) is 5.73 Å². The summed E-state index contributed by atoms with van der Waals surface area (Å²) in [6.45, 7) is 1.79. The number of ether oxygens (including phenoxy) is 1. The summed E-state index contributed by atoms with van der Waals surface area (Å²) in [5.41, 5.74) is 3.56. The maximum Gasteiger partial charge on any atom is 0.305 e. The number of hydrogen-bond acceptors (Lipinski definition) is 7. The van der Waals surface area contributed by atoms with Crippen LogP contribution in [-0.2, 0) is 9.53 Å².